The minimum Gasteiger partial charge on any atom is -0.382 e. The molecule has 1 aromatic carbocycles. The lowest BCUT2D eigenvalue weighted by Gasteiger charge is -2.04. The Balaban J connectivity index is 2.44. The summed E-state index contributed by atoms with van der Waals surface area (Å²) in [5.41, 5.74) is -0.236. The quantitative estimate of drug-likeness (QED) is 0.545. The van der Waals surface area contributed by atoms with E-state index < -0.39 is 17.4 Å². The Morgan fingerprint density at radius 2 is 2.00 bits per heavy atom. The van der Waals surface area contributed by atoms with Crippen LogP contribution in [0, 0.1) is 11.6 Å². The van der Waals surface area contributed by atoms with Crippen molar-refractivity contribution in [3.63, 3.8) is 0 Å². The highest BCUT2D eigenvalue weighted by atomic mass is 19.2. The van der Waals surface area contributed by atoms with Gasteiger partial charge in [0.15, 0.2) is 17.4 Å². The third kappa shape index (κ3) is 4.20. The molecule has 0 saturated heterocycles. The normalized spacial score (nSPS) is 10.5. The maximum atomic E-state index is 13.2. The summed E-state index contributed by atoms with van der Waals surface area (Å²) in [6.45, 7) is 0.968. The topological polar surface area (TPSA) is 35.5 Å². The Kier molecular flexibility index (Phi) is 5.72. The lowest BCUT2D eigenvalue weighted by Crippen LogP contribution is -2.10. The van der Waals surface area contributed by atoms with Gasteiger partial charge in [-0.15, -0.1) is 0 Å². The largest absolute Gasteiger partial charge is 0.382 e. The summed E-state index contributed by atoms with van der Waals surface area (Å²) in [6, 6.07) is 3.54. The van der Waals surface area contributed by atoms with Crippen molar-refractivity contribution in [2.45, 2.75) is 6.42 Å². The summed E-state index contributed by atoms with van der Waals surface area (Å²) in [5, 5.41) is 0. The van der Waals surface area contributed by atoms with Gasteiger partial charge in [-0.3, -0.25) is 4.79 Å². The number of methoxy groups -OCH3 is 1. The fourth-order valence-electron chi connectivity index (χ4n) is 1.26. The van der Waals surface area contributed by atoms with Gasteiger partial charge in [0.1, 0.15) is 0 Å². The van der Waals surface area contributed by atoms with Gasteiger partial charge in [-0.2, -0.15) is 0 Å². The number of carbonyl (C=O) groups is 1. The van der Waals surface area contributed by atoms with Crippen molar-refractivity contribution in [1.29, 1.82) is 0 Å². The Labute approximate surface area is 98.3 Å². The van der Waals surface area contributed by atoms with E-state index in [1.807, 2.05) is 0 Å². The Bertz CT molecular complexity index is 380. The molecule has 17 heavy (non-hydrogen) atoms. The number of hydrogen-bond acceptors (Lipinski definition) is 3. The summed E-state index contributed by atoms with van der Waals surface area (Å²) in [4.78, 5) is 11.5. The second-order valence-electron chi connectivity index (χ2n) is 3.38. The molecular formula is C12H14F2O3. The van der Waals surface area contributed by atoms with Gasteiger partial charge in [0.05, 0.1) is 25.4 Å². The molecular weight excluding hydrogens is 230 g/mol. The zero-order valence-corrected chi connectivity index (χ0v) is 9.54. The zero-order valence-electron chi connectivity index (χ0n) is 9.54. The van der Waals surface area contributed by atoms with E-state index in [-0.39, 0.29) is 18.6 Å². The van der Waals surface area contributed by atoms with Crippen LogP contribution in [-0.4, -0.2) is 32.7 Å². The van der Waals surface area contributed by atoms with Crippen molar-refractivity contribution in [1.82, 2.24) is 0 Å². The highest BCUT2D eigenvalue weighted by molar-refractivity contribution is 5.96. The number of hydrogen-bond donors (Lipinski definition) is 0. The van der Waals surface area contributed by atoms with Gasteiger partial charge in [0.25, 0.3) is 0 Å². The molecule has 0 heterocycles. The highest BCUT2D eigenvalue weighted by Crippen LogP contribution is 2.13. The number of carbonyl (C=O) groups excluding carboxylic acids is 1. The van der Waals surface area contributed by atoms with Crippen LogP contribution in [0.1, 0.15) is 16.8 Å². The number of ketones is 1. The average Bonchev–Trinajstić information content (AvgIpc) is 2.32. The van der Waals surface area contributed by atoms with Crippen LogP contribution in [0.2, 0.25) is 0 Å². The van der Waals surface area contributed by atoms with E-state index in [4.69, 9.17) is 9.47 Å². The average molecular weight is 244 g/mol. The number of halogens is 2. The first-order chi connectivity index (χ1) is 8.16. The molecule has 1 rings (SSSR count). The smallest absolute Gasteiger partial charge is 0.169 e. The first-order valence-corrected chi connectivity index (χ1v) is 5.20. The number of rotatable bonds is 7. The molecule has 0 radical (unpaired) electrons. The van der Waals surface area contributed by atoms with Crippen LogP contribution in [0.25, 0.3) is 0 Å². The molecule has 0 spiro atoms. The summed E-state index contributed by atoms with van der Waals surface area (Å²) in [6.07, 6.45) is 0.0179. The molecule has 0 amide bonds. The number of Topliss-reactive ketones (excluding diaryl/α,β-unsaturated/α-hetero) is 1. The third-order valence-corrected chi connectivity index (χ3v) is 2.16. The first kappa shape index (κ1) is 13.7. The van der Waals surface area contributed by atoms with E-state index in [1.165, 1.54) is 19.2 Å². The molecule has 0 unspecified atom stereocenters. The van der Waals surface area contributed by atoms with E-state index >= 15 is 0 Å². The molecule has 3 nitrogen and oxygen atoms in total. The maximum Gasteiger partial charge on any atom is 0.169 e. The van der Waals surface area contributed by atoms with Gasteiger partial charge in [-0.1, -0.05) is 6.07 Å². The van der Waals surface area contributed by atoms with E-state index in [2.05, 4.69) is 0 Å². The van der Waals surface area contributed by atoms with Gasteiger partial charge in [-0.25, -0.2) is 8.78 Å². The van der Waals surface area contributed by atoms with E-state index in [0.717, 1.165) is 6.07 Å². The second-order valence-corrected chi connectivity index (χ2v) is 3.38. The van der Waals surface area contributed by atoms with Crippen molar-refractivity contribution in [3.8, 4) is 0 Å². The highest BCUT2D eigenvalue weighted by Gasteiger charge is 2.14. The minimum absolute atomic E-state index is 0.0179. The third-order valence-electron chi connectivity index (χ3n) is 2.16. The van der Waals surface area contributed by atoms with Crippen LogP contribution in [0.5, 0.6) is 0 Å². The Hall–Kier alpha value is -1.33. The molecule has 94 valence electrons. The fourth-order valence-corrected chi connectivity index (χ4v) is 1.26. The van der Waals surface area contributed by atoms with Gasteiger partial charge < -0.3 is 9.47 Å². The van der Waals surface area contributed by atoms with Crippen LogP contribution in [0.4, 0.5) is 8.78 Å². The van der Waals surface area contributed by atoms with Crippen molar-refractivity contribution >= 4 is 5.78 Å². The van der Waals surface area contributed by atoms with E-state index in [9.17, 15) is 13.6 Å². The van der Waals surface area contributed by atoms with E-state index in [1.54, 1.807) is 0 Å². The molecule has 0 atom stereocenters. The van der Waals surface area contributed by atoms with Gasteiger partial charge in [0.2, 0.25) is 0 Å². The monoisotopic (exact) mass is 244 g/mol. The first-order valence-electron chi connectivity index (χ1n) is 5.20. The van der Waals surface area contributed by atoms with Crippen LogP contribution < -0.4 is 0 Å². The standard InChI is InChI=1S/C12H14F2O3/c1-16-7-8-17-6-5-11(15)9-3-2-4-10(13)12(9)14/h2-4H,5-8H2,1H3. The second kappa shape index (κ2) is 7.09. The molecule has 0 aromatic heterocycles. The predicted octanol–water partition coefficient (Wildman–Crippen LogP) is 2.20. The SMILES string of the molecule is COCCOCCC(=O)c1cccc(F)c1F. The van der Waals surface area contributed by atoms with Crippen LogP contribution in [0.3, 0.4) is 0 Å². The van der Waals surface area contributed by atoms with E-state index in [0.29, 0.717) is 13.2 Å². The summed E-state index contributed by atoms with van der Waals surface area (Å²) < 4.78 is 35.9. The molecule has 0 saturated carbocycles. The van der Waals surface area contributed by atoms with Crippen LogP contribution >= 0.6 is 0 Å². The van der Waals surface area contributed by atoms with Crippen LogP contribution in [0.15, 0.2) is 18.2 Å². The van der Waals surface area contributed by atoms with Gasteiger partial charge in [0, 0.05) is 13.5 Å². The summed E-state index contributed by atoms with van der Waals surface area (Å²) in [7, 11) is 1.54. The summed E-state index contributed by atoms with van der Waals surface area (Å²) in [5.74, 6) is -2.59. The van der Waals surface area contributed by atoms with Crippen molar-refractivity contribution in [2.75, 3.05) is 26.9 Å². The number of benzene rings is 1. The molecule has 0 aliphatic rings. The molecule has 0 aliphatic heterocycles. The minimum atomic E-state index is -1.10. The van der Waals surface area contributed by atoms with Crippen molar-refractivity contribution < 1.29 is 23.0 Å². The lowest BCUT2D eigenvalue weighted by atomic mass is 10.1. The fraction of sp³-hybridized carbons (Fsp3) is 0.417. The molecule has 0 fully saturated rings. The zero-order chi connectivity index (χ0) is 12.7. The molecule has 0 bridgehead atoms. The van der Waals surface area contributed by atoms with Crippen molar-refractivity contribution in [3.05, 3.63) is 35.4 Å². The molecule has 1 aromatic rings. The van der Waals surface area contributed by atoms with Crippen LogP contribution in [-0.2, 0) is 9.47 Å². The van der Waals surface area contributed by atoms with Gasteiger partial charge in [-0.05, 0) is 12.1 Å². The van der Waals surface area contributed by atoms with Crippen molar-refractivity contribution in [2.24, 2.45) is 0 Å². The number of ether oxygens (including phenoxy) is 2. The Morgan fingerprint density at radius 3 is 2.71 bits per heavy atom. The Morgan fingerprint density at radius 1 is 1.24 bits per heavy atom. The molecule has 0 aliphatic carbocycles. The van der Waals surface area contributed by atoms with Gasteiger partial charge >= 0.3 is 0 Å². The lowest BCUT2D eigenvalue weighted by molar-refractivity contribution is 0.0639. The summed E-state index contributed by atoms with van der Waals surface area (Å²) >= 11 is 0. The maximum absolute atomic E-state index is 13.2. The molecule has 5 heteroatoms. The predicted molar refractivity (Wildman–Crippen MR) is 58.0 cm³/mol. The molecule has 0 N–H and O–H groups in total.